The lowest BCUT2D eigenvalue weighted by Gasteiger charge is -2.20. The molecular formula is C24H17F9N6O2. The van der Waals surface area contributed by atoms with Crippen LogP contribution in [-0.2, 0) is 18.9 Å². The van der Waals surface area contributed by atoms with E-state index in [0.717, 1.165) is 6.07 Å². The lowest BCUT2D eigenvalue weighted by molar-refractivity contribution is -0.139. The Labute approximate surface area is 222 Å². The molecule has 0 amide bonds. The summed E-state index contributed by atoms with van der Waals surface area (Å²) in [4.78, 5) is 31.4. The summed E-state index contributed by atoms with van der Waals surface area (Å²) in [6.07, 6.45) is -10.0. The van der Waals surface area contributed by atoms with E-state index in [1.807, 2.05) is 0 Å². The number of H-pyrrole nitrogens is 1. The lowest BCUT2D eigenvalue weighted by atomic mass is 10.1. The summed E-state index contributed by atoms with van der Waals surface area (Å²) in [6.45, 7) is 0.542. The van der Waals surface area contributed by atoms with Gasteiger partial charge < -0.3 is 9.88 Å². The van der Waals surface area contributed by atoms with Gasteiger partial charge in [0.15, 0.2) is 5.82 Å². The quantitative estimate of drug-likeness (QED) is 0.290. The van der Waals surface area contributed by atoms with Crippen molar-refractivity contribution in [3.63, 3.8) is 0 Å². The number of alkyl halides is 7. The third kappa shape index (κ3) is 6.33. The highest BCUT2D eigenvalue weighted by molar-refractivity contribution is 5.86. The van der Waals surface area contributed by atoms with Gasteiger partial charge >= 0.3 is 12.4 Å². The van der Waals surface area contributed by atoms with Gasteiger partial charge in [-0.1, -0.05) is 0 Å². The molecule has 0 aliphatic rings. The first-order chi connectivity index (χ1) is 19.1. The van der Waals surface area contributed by atoms with Crippen molar-refractivity contribution >= 4 is 16.5 Å². The van der Waals surface area contributed by atoms with Gasteiger partial charge in [-0.25, -0.2) is 28.2 Å². The van der Waals surface area contributed by atoms with Crippen molar-refractivity contribution in [3.8, 4) is 11.4 Å². The highest BCUT2D eigenvalue weighted by Crippen LogP contribution is 2.32. The highest BCUT2D eigenvalue weighted by atomic mass is 19.4. The van der Waals surface area contributed by atoms with Crippen molar-refractivity contribution in [1.29, 1.82) is 0 Å². The van der Waals surface area contributed by atoms with E-state index in [2.05, 4.69) is 20.4 Å². The average Bonchev–Trinajstić information content (AvgIpc) is 2.85. The van der Waals surface area contributed by atoms with E-state index in [4.69, 9.17) is 0 Å². The molecule has 0 saturated carbocycles. The van der Waals surface area contributed by atoms with E-state index in [1.165, 1.54) is 6.92 Å². The van der Waals surface area contributed by atoms with Gasteiger partial charge in [-0.2, -0.15) is 31.4 Å². The maximum absolute atomic E-state index is 14.9. The summed E-state index contributed by atoms with van der Waals surface area (Å²) in [5.74, 6) is -2.76. The number of aromatic nitrogens is 5. The Morgan fingerprint density at radius 2 is 1.61 bits per heavy atom. The predicted octanol–water partition coefficient (Wildman–Crippen LogP) is 5.09. The maximum atomic E-state index is 14.9. The maximum Gasteiger partial charge on any atom is 0.423 e. The Kier molecular flexibility index (Phi) is 7.82. The number of hydrogen-bond donors (Lipinski definition) is 2. The molecule has 1 aromatic carbocycles. The van der Waals surface area contributed by atoms with Crippen LogP contribution in [0.25, 0.3) is 22.2 Å². The molecule has 3 heterocycles. The van der Waals surface area contributed by atoms with Crippen LogP contribution in [0, 0.1) is 11.6 Å². The normalized spacial score (nSPS) is 13.8. The largest absolute Gasteiger partial charge is 0.423 e. The second kappa shape index (κ2) is 10.9. The van der Waals surface area contributed by atoms with Crippen LogP contribution in [0.1, 0.15) is 24.5 Å². The van der Waals surface area contributed by atoms with Crippen molar-refractivity contribution in [3.05, 3.63) is 80.4 Å². The molecule has 0 radical (unpaired) electrons. The van der Waals surface area contributed by atoms with Gasteiger partial charge in [-0.15, -0.1) is 0 Å². The first kappa shape index (κ1) is 29.5. The minimum Gasteiger partial charge on any atom is -0.381 e. The summed E-state index contributed by atoms with van der Waals surface area (Å²) in [5.41, 5.74) is -6.47. The second-order valence-corrected chi connectivity index (χ2v) is 8.97. The molecule has 8 nitrogen and oxygen atoms in total. The Bertz CT molecular complexity index is 1700. The monoisotopic (exact) mass is 592 g/mol. The van der Waals surface area contributed by atoms with E-state index >= 15 is 0 Å². The van der Waals surface area contributed by atoms with Crippen molar-refractivity contribution in [1.82, 2.24) is 24.7 Å². The molecule has 0 bridgehead atoms. The third-order valence-electron chi connectivity index (χ3n) is 5.89. The minimum atomic E-state index is -5.03. The van der Waals surface area contributed by atoms with E-state index in [-0.39, 0.29) is 0 Å². The van der Waals surface area contributed by atoms with Crippen LogP contribution in [0.3, 0.4) is 0 Å². The molecule has 4 rings (SSSR count). The number of nitrogens with zero attached hydrogens (tertiary/aromatic N) is 4. The number of pyridine rings is 1. The van der Waals surface area contributed by atoms with Crippen molar-refractivity contribution in [2.24, 2.45) is 0 Å². The molecule has 2 N–H and O–H groups in total. The topological polar surface area (TPSA) is 106 Å². The minimum absolute atomic E-state index is 0.411. The fraction of sp³-hybridized carbons (Fsp3) is 0.292. The van der Waals surface area contributed by atoms with Crippen molar-refractivity contribution < 1.29 is 39.5 Å². The van der Waals surface area contributed by atoms with E-state index in [9.17, 15) is 49.1 Å². The van der Waals surface area contributed by atoms with Crippen LogP contribution >= 0.6 is 0 Å². The van der Waals surface area contributed by atoms with E-state index in [1.54, 1.807) is 5.10 Å². The molecule has 0 fully saturated rings. The molecule has 0 aliphatic carbocycles. The number of anilines is 1. The molecule has 0 spiro atoms. The predicted molar refractivity (Wildman–Crippen MR) is 127 cm³/mol. The number of rotatable bonds is 7. The fourth-order valence-electron chi connectivity index (χ4n) is 4.07. The van der Waals surface area contributed by atoms with Crippen LogP contribution in [-0.4, -0.2) is 36.9 Å². The van der Waals surface area contributed by atoms with Gasteiger partial charge in [0.25, 0.3) is 11.1 Å². The summed E-state index contributed by atoms with van der Waals surface area (Å²) in [6, 6.07) is 0.435. The summed E-state index contributed by atoms with van der Waals surface area (Å²) in [7, 11) is 0. The molecule has 41 heavy (non-hydrogen) atoms. The number of hydrogen-bond acceptors (Lipinski definition) is 6. The van der Waals surface area contributed by atoms with Gasteiger partial charge in [0, 0.05) is 36.4 Å². The van der Waals surface area contributed by atoms with Crippen LogP contribution in [0.15, 0.2) is 46.5 Å². The van der Waals surface area contributed by atoms with Crippen molar-refractivity contribution in [2.75, 3.05) is 5.32 Å². The van der Waals surface area contributed by atoms with Gasteiger partial charge in [0.1, 0.15) is 23.4 Å². The molecule has 0 saturated heterocycles. The third-order valence-corrected chi connectivity index (χ3v) is 5.89. The number of benzene rings is 1. The number of fused-ring (bicyclic) bond motifs is 1. The van der Waals surface area contributed by atoms with Gasteiger partial charge in [-0.05, 0) is 19.1 Å². The van der Waals surface area contributed by atoms with E-state index < -0.39 is 99.3 Å². The van der Waals surface area contributed by atoms with E-state index in [0.29, 0.717) is 35.4 Å². The zero-order valence-corrected chi connectivity index (χ0v) is 20.5. The summed E-state index contributed by atoms with van der Waals surface area (Å²) in [5, 5.41) is 6.34. The number of halogens is 9. The number of aromatic amines is 1. The number of nitrogens with one attached hydrogen (secondary N) is 2. The first-order valence-corrected chi connectivity index (χ1v) is 11.5. The molecule has 0 unspecified atom stereocenters. The first-order valence-electron chi connectivity index (χ1n) is 11.5. The zero-order valence-electron chi connectivity index (χ0n) is 20.5. The van der Waals surface area contributed by atoms with Crippen LogP contribution in [0.2, 0.25) is 0 Å². The zero-order chi connectivity index (χ0) is 30.3. The lowest BCUT2D eigenvalue weighted by Crippen LogP contribution is -2.30. The Morgan fingerprint density at radius 1 is 0.951 bits per heavy atom. The fourth-order valence-corrected chi connectivity index (χ4v) is 4.07. The molecule has 3 aromatic heterocycles. The van der Waals surface area contributed by atoms with Crippen LogP contribution in [0.5, 0.6) is 0 Å². The van der Waals surface area contributed by atoms with Gasteiger partial charge in [0.2, 0.25) is 0 Å². The SMILES string of the molecule is C[C@H](C[C@H](F)Cn1cc(F)c2cc(-c3ncc(C(F)(F)F)cn3)c(F)cc2c1=O)Nc1cn[nH]c(=O)c1C(F)(F)F. The molecule has 17 heteroatoms. The Hall–Kier alpha value is -4.44. The second-order valence-electron chi connectivity index (χ2n) is 8.97. The molecular weight excluding hydrogens is 575 g/mol. The average molecular weight is 592 g/mol. The highest BCUT2D eigenvalue weighted by Gasteiger charge is 2.37. The van der Waals surface area contributed by atoms with Gasteiger partial charge in [0.05, 0.1) is 34.9 Å². The van der Waals surface area contributed by atoms with Crippen LogP contribution in [0.4, 0.5) is 45.2 Å². The molecule has 4 aromatic rings. The standard InChI is InChI=1S/C24H17F9N6O2/c1-10(37-18-7-36-38-21(40)19(18)24(31,32)33)2-12(25)8-39-9-17(27)13-3-15(16(26)4-14(13)22(39)41)20-34-5-11(6-35-20)23(28,29)30/h3-7,9-10,12H,2,8H2,1H3,(H2,37,38,40)/t10-,12+/m1/s1. The summed E-state index contributed by atoms with van der Waals surface area (Å²) < 4.78 is 123. The van der Waals surface area contributed by atoms with Crippen LogP contribution < -0.4 is 16.4 Å². The Balaban J connectivity index is 1.56. The summed E-state index contributed by atoms with van der Waals surface area (Å²) >= 11 is 0. The molecule has 2 atom stereocenters. The Morgan fingerprint density at radius 3 is 2.22 bits per heavy atom. The van der Waals surface area contributed by atoms with Gasteiger partial charge in [-0.3, -0.25) is 9.59 Å². The molecule has 0 aliphatic heterocycles. The van der Waals surface area contributed by atoms with Crippen molar-refractivity contribution in [2.45, 2.75) is 44.5 Å². The molecule has 218 valence electrons. The smallest absolute Gasteiger partial charge is 0.381 e.